The van der Waals surface area contributed by atoms with Crippen LogP contribution in [0.15, 0.2) is 18.2 Å². The van der Waals surface area contributed by atoms with Crippen LogP contribution in [0.3, 0.4) is 0 Å². The van der Waals surface area contributed by atoms with Gasteiger partial charge >= 0.3 is 0 Å². The molecule has 76 valence electrons. The van der Waals surface area contributed by atoms with Gasteiger partial charge in [-0.2, -0.15) is 0 Å². The maximum Gasteiger partial charge on any atom is 0.272 e. The largest absolute Gasteiger partial charge is 0.338 e. The van der Waals surface area contributed by atoms with Gasteiger partial charge in [0, 0.05) is 13.1 Å². The Hall–Kier alpha value is -1.09. The average molecular weight is 213 g/mol. The zero-order valence-electron chi connectivity index (χ0n) is 8.33. The molecule has 14 heavy (non-hydrogen) atoms. The number of halogens is 1. The van der Waals surface area contributed by atoms with E-state index in [0.29, 0.717) is 23.9 Å². The van der Waals surface area contributed by atoms with Crippen molar-refractivity contribution in [2.75, 3.05) is 13.1 Å². The number of rotatable bonds is 3. The van der Waals surface area contributed by atoms with Crippen LogP contribution in [-0.2, 0) is 0 Å². The summed E-state index contributed by atoms with van der Waals surface area (Å²) in [6.45, 7) is 5.24. The maximum absolute atomic E-state index is 11.8. The molecular weight excluding hydrogens is 200 g/mol. The molecule has 3 nitrogen and oxygen atoms in total. The third-order valence-corrected chi connectivity index (χ3v) is 2.20. The van der Waals surface area contributed by atoms with Gasteiger partial charge in [-0.1, -0.05) is 17.7 Å². The van der Waals surface area contributed by atoms with Crippen LogP contribution in [0.2, 0.25) is 5.15 Å². The van der Waals surface area contributed by atoms with Gasteiger partial charge < -0.3 is 4.90 Å². The number of carbonyl (C=O) groups is 1. The molecule has 1 aromatic heterocycles. The van der Waals surface area contributed by atoms with Crippen molar-refractivity contribution >= 4 is 17.5 Å². The highest BCUT2D eigenvalue weighted by Gasteiger charge is 2.13. The monoisotopic (exact) mass is 212 g/mol. The molecule has 0 aliphatic carbocycles. The SMILES string of the molecule is CCN(CC)C(=O)c1cccc(Cl)n1. The Morgan fingerprint density at radius 3 is 2.57 bits per heavy atom. The summed E-state index contributed by atoms with van der Waals surface area (Å²) in [6, 6.07) is 5.05. The molecule has 0 N–H and O–H groups in total. The first-order chi connectivity index (χ1) is 6.69. The van der Waals surface area contributed by atoms with Crippen LogP contribution in [0.4, 0.5) is 0 Å². The van der Waals surface area contributed by atoms with Crippen molar-refractivity contribution in [3.63, 3.8) is 0 Å². The van der Waals surface area contributed by atoms with Gasteiger partial charge in [-0.15, -0.1) is 0 Å². The summed E-state index contributed by atoms with van der Waals surface area (Å²) in [5, 5.41) is 0.350. The second-order valence-electron chi connectivity index (χ2n) is 2.82. The molecule has 1 amide bonds. The summed E-state index contributed by atoms with van der Waals surface area (Å²) in [4.78, 5) is 17.4. The zero-order chi connectivity index (χ0) is 10.6. The molecule has 1 heterocycles. The number of hydrogen-bond acceptors (Lipinski definition) is 2. The summed E-state index contributed by atoms with van der Waals surface area (Å²) in [5.74, 6) is -0.0718. The van der Waals surface area contributed by atoms with Crippen LogP contribution in [0.5, 0.6) is 0 Å². The average Bonchev–Trinajstić information content (AvgIpc) is 2.19. The third-order valence-electron chi connectivity index (χ3n) is 1.98. The summed E-state index contributed by atoms with van der Waals surface area (Å²) in [6.07, 6.45) is 0. The highest BCUT2D eigenvalue weighted by atomic mass is 35.5. The lowest BCUT2D eigenvalue weighted by atomic mass is 10.3. The number of hydrogen-bond donors (Lipinski definition) is 0. The van der Waals surface area contributed by atoms with Crippen LogP contribution in [0.1, 0.15) is 24.3 Å². The Balaban J connectivity index is 2.88. The van der Waals surface area contributed by atoms with Crippen molar-refractivity contribution < 1.29 is 4.79 Å². The topological polar surface area (TPSA) is 33.2 Å². The Bertz CT molecular complexity index is 324. The number of pyridine rings is 1. The Kier molecular flexibility index (Phi) is 3.89. The predicted octanol–water partition coefficient (Wildman–Crippen LogP) is 2.22. The van der Waals surface area contributed by atoms with Crippen molar-refractivity contribution in [2.45, 2.75) is 13.8 Å². The molecule has 0 atom stereocenters. The van der Waals surface area contributed by atoms with E-state index in [4.69, 9.17) is 11.6 Å². The number of aromatic nitrogens is 1. The summed E-state index contributed by atoms with van der Waals surface area (Å²) < 4.78 is 0. The molecular formula is C10H13ClN2O. The standard InChI is InChI=1S/C10H13ClN2O/c1-3-13(4-2)10(14)8-6-5-7-9(11)12-8/h5-7H,3-4H2,1-2H3. The smallest absolute Gasteiger partial charge is 0.272 e. The Morgan fingerprint density at radius 2 is 2.07 bits per heavy atom. The van der Waals surface area contributed by atoms with E-state index in [1.165, 1.54) is 0 Å². The second-order valence-corrected chi connectivity index (χ2v) is 3.21. The van der Waals surface area contributed by atoms with Crippen LogP contribution >= 0.6 is 11.6 Å². The molecule has 0 unspecified atom stereocenters. The first-order valence-electron chi connectivity index (χ1n) is 4.60. The predicted molar refractivity (Wildman–Crippen MR) is 56.5 cm³/mol. The fraction of sp³-hybridized carbons (Fsp3) is 0.400. The highest BCUT2D eigenvalue weighted by molar-refractivity contribution is 6.29. The quantitative estimate of drug-likeness (QED) is 0.720. The first-order valence-corrected chi connectivity index (χ1v) is 4.98. The van der Waals surface area contributed by atoms with E-state index in [-0.39, 0.29) is 5.91 Å². The molecule has 0 bridgehead atoms. The fourth-order valence-corrected chi connectivity index (χ4v) is 1.36. The van der Waals surface area contributed by atoms with E-state index in [1.54, 1.807) is 23.1 Å². The van der Waals surface area contributed by atoms with E-state index >= 15 is 0 Å². The van der Waals surface area contributed by atoms with Gasteiger partial charge in [-0.25, -0.2) is 4.98 Å². The van der Waals surface area contributed by atoms with Crippen molar-refractivity contribution in [2.24, 2.45) is 0 Å². The van der Waals surface area contributed by atoms with Crippen LogP contribution in [0, 0.1) is 0 Å². The normalized spacial score (nSPS) is 9.93. The molecule has 4 heteroatoms. The van der Waals surface area contributed by atoms with E-state index < -0.39 is 0 Å². The van der Waals surface area contributed by atoms with Crippen molar-refractivity contribution in [1.29, 1.82) is 0 Å². The summed E-state index contributed by atoms with van der Waals surface area (Å²) in [7, 11) is 0. The van der Waals surface area contributed by atoms with E-state index in [2.05, 4.69) is 4.98 Å². The van der Waals surface area contributed by atoms with Gasteiger partial charge in [0.1, 0.15) is 10.8 Å². The first kappa shape index (κ1) is 11.0. The van der Waals surface area contributed by atoms with Crippen LogP contribution < -0.4 is 0 Å². The lowest BCUT2D eigenvalue weighted by molar-refractivity contribution is 0.0767. The van der Waals surface area contributed by atoms with E-state index in [9.17, 15) is 4.79 Å². The van der Waals surface area contributed by atoms with Gasteiger partial charge in [0.2, 0.25) is 0 Å². The Labute approximate surface area is 88.7 Å². The minimum atomic E-state index is -0.0718. The lowest BCUT2D eigenvalue weighted by Gasteiger charge is -2.17. The maximum atomic E-state index is 11.8. The fourth-order valence-electron chi connectivity index (χ4n) is 1.20. The van der Waals surface area contributed by atoms with Gasteiger partial charge in [0.15, 0.2) is 0 Å². The molecule has 0 aliphatic heterocycles. The molecule has 0 aromatic carbocycles. The molecule has 1 rings (SSSR count). The zero-order valence-corrected chi connectivity index (χ0v) is 9.08. The van der Waals surface area contributed by atoms with Crippen LogP contribution in [0.25, 0.3) is 0 Å². The van der Waals surface area contributed by atoms with Crippen molar-refractivity contribution in [3.8, 4) is 0 Å². The molecule has 0 spiro atoms. The molecule has 0 radical (unpaired) electrons. The number of amides is 1. The molecule has 0 saturated carbocycles. The van der Waals surface area contributed by atoms with Gasteiger partial charge in [0.25, 0.3) is 5.91 Å². The van der Waals surface area contributed by atoms with Gasteiger partial charge in [0.05, 0.1) is 0 Å². The third kappa shape index (κ3) is 2.45. The molecule has 0 fully saturated rings. The van der Waals surface area contributed by atoms with Crippen molar-refractivity contribution in [1.82, 2.24) is 9.88 Å². The number of carbonyl (C=O) groups excluding carboxylic acids is 1. The van der Waals surface area contributed by atoms with Gasteiger partial charge in [-0.3, -0.25) is 4.79 Å². The lowest BCUT2D eigenvalue weighted by Crippen LogP contribution is -2.31. The number of nitrogens with zero attached hydrogens (tertiary/aromatic N) is 2. The molecule has 0 saturated heterocycles. The highest BCUT2D eigenvalue weighted by Crippen LogP contribution is 2.07. The van der Waals surface area contributed by atoms with E-state index in [0.717, 1.165) is 0 Å². The van der Waals surface area contributed by atoms with Gasteiger partial charge in [-0.05, 0) is 26.0 Å². The minimum Gasteiger partial charge on any atom is -0.338 e. The second kappa shape index (κ2) is 4.96. The molecule has 0 aliphatic rings. The Morgan fingerprint density at radius 1 is 1.43 bits per heavy atom. The minimum absolute atomic E-state index is 0.0718. The van der Waals surface area contributed by atoms with Crippen molar-refractivity contribution in [3.05, 3.63) is 29.0 Å². The molecule has 1 aromatic rings. The summed E-state index contributed by atoms with van der Waals surface area (Å²) >= 11 is 5.70. The van der Waals surface area contributed by atoms with Crippen LogP contribution in [-0.4, -0.2) is 28.9 Å². The summed E-state index contributed by atoms with van der Waals surface area (Å²) in [5.41, 5.74) is 0.404. The van der Waals surface area contributed by atoms with E-state index in [1.807, 2.05) is 13.8 Å².